The normalized spacial score (nSPS) is 10.3. The van der Waals surface area contributed by atoms with Crippen molar-refractivity contribution in [1.82, 2.24) is 9.55 Å². The average molecular weight is 350 g/mol. The molecule has 0 aliphatic carbocycles. The van der Waals surface area contributed by atoms with Gasteiger partial charge in [-0.15, -0.1) is 0 Å². The van der Waals surface area contributed by atoms with Crippen molar-refractivity contribution in [3.63, 3.8) is 0 Å². The molecule has 134 valence electrons. The van der Waals surface area contributed by atoms with E-state index in [2.05, 4.69) is 4.98 Å². The zero-order valence-corrected chi connectivity index (χ0v) is 14.6. The lowest BCUT2D eigenvalue weighted by Gasteiger charge is -2.03. The summed E-state index contributed by atoms with van der Waals surface area (Å²) in [5.41, 5.74) is 14.3. The number of para-hydroxylation sites is 1. The van der Waals surface area contributed by atoms with Crippen LogP contribution in [0.5, 0.6) is 0 Å². The van der Waals surface area contributed by atoms with Gasteiger partial charge < -0.3 is 16.5 Å². The average Bonchev–Trinajstić information content (AvgIpc) is 2.65. The van der Waals surface area contributed by atoms with Crippen LogP contribution in [0.2, 0.25) is 0 Å². The maximum absolute atomic E-state index is 10.8. The highest BCUT2D eigenvalue weighted by atomic mass is 16.2. The Morgan fingerprint density at radius 1 is 0.962 bits per heavy atom. The molecule has 0 saturated carbocycles. The summed E-state index contributed by atoms with van der Waals surface area (Å²) < 4.78 is 1.12. The predicted molar refractivity (Wildman–Crippen MR) is 108 cm³/mol. The van der Waals surface area contributed by atoms with Gasteiger partial charge >= 0.3 is 5.69 Å². The van der Waals surface area contributed by atoms with E-state index in [1.165, 1.54) is 12.3 Å². The van der Waals surface area contributed by atoms with Crippen LogP contribution in [0.25, 0.3) is 12.2 Å². The second-order valence-corrected chi connectivity index (χ2v) is 5.46. The van der Waals surface area contributed by atoms with E-state index in [-0.39, 0.29) is 11.2 Å². The number of aromatic amines is 1. The largest absolute Gasteiger partial charge is 0.397 e. The van der Waals surface area contributed by atoms with Gasteiger partial charge in [0.1, 0.15) is 0 Å². The van der Waals surface area contributed by atoms with Crippen molar-refractivity contribution in [1.29, 1.82) is 0 Å². The number of benzene rings is 2. The second kappa shape index (κ2) is 9.08. The van der Waals surface area contributed by atoms with Gasteiger partial charge in [-0.2, -0.15) is 0 Å². The van der Waals surface area contributed by atoms with E-state index in [0.717, 1.165) is 15.7 Å². The Kier molecular flexibility index (Phi) is 6.56. The third-order valence-electron chi connectivity index (χ3n) is 3.69. The van der Waals surface area contributed by atoms with Gasteiger partial charge in [0.05, 0.1) is 11.4 Å². The van der Waals surface area contributed by atoms with Crippen LogP contribution in [-0.2, 0) is 6.54 Å². The first-order valence-electron chi connectivity index (χ1n) is 8.18. The first-order valence-corrected chi connectivity index (χ1v) is 8.18. The number of hydrogen-bond acceptors (Lipinski definition) is 4. The topological polar surface area (TPSA) is 107 Å². The fraction of sp³-hybridized carbons (Fsp3) is 0.100. The van der Waals surface area contributed by atoms with Crippen LogP contribution in [0.15, 0.2) is 70.4 Å². The quantitative estimate of drug-likeness (QED) is 0.498. The maximum Gasteiger partial charge on any atom is 0.328 e. The van der Waals surface area contributed by atoms with E-state index in [0.29, 0.717) is 17.9 Å². The van der Waals surface area contributed by atoms with Crippen LogP contribution < -0.4 is 22.7 Å². The molecule has 0 fully saturated rings. The molecule has 0 spiro atoms. The van der Waals surface area contributed by atoms with Gasteiger partial charge in [0.2, 0.25) is 0 Å². The molecule has 0 aliphatic rings. The van der Waals surface area contributed by atoms with Crippen molar-refractivity contribution in [3.05, 3.63) is 92.8 Å². The highest BCUT2D eigenvalue weighted by Crippen LogP contribution is 2.21. The molecule has 0 unspecified atom stereocenters. The van der Waals surface area contributed by atoms with Crippen molar-refractivity contribution < 1.29 is 0 Å². The number of nitrogen functional groups attached to an aromatic ring is 2. The molecule has 0 saturated heterocycles. The standard InChI is InChI=1S/C14H14N2.C6H8N2O2/c15-13-8-4-7-12(14(13)16)10-9-11-5-2-1-3-6-11;1-2-8-5(9)3-4-7-6(8)10/h1-10H,15-16H2;3-4H,2H2,1H3,(H,7,10). The maximum atomic E-state index is 10.8. The molecule has 0 radical (unpaired) electrons. The summed E-state index contributed by atoms with van der Waals surface area (Å²) in [5, 5.41) is 0. The fourth-order valence-electron chi connectivity index (χ4n) is 2.25. The van der Waals surface area contributed by atoms with Gasteiger partial charge in [0.25, 0.3) is 5.56 Å². The number of nitrogens with zero attached hydrogens (tertiary/aromatic N) is 1. The molecule has 1 aromatic heterocycles. The van der Waals surface area contributed by atoms with Crippen LogP contribution in [0.3, 0.4) is 0 Å². The van der Waals surface area contributed by atoms with Gasteiger partial charge in [-0.05, 0) is 24.1 Å². The Morgan fingerprint density at radius 2 is 1.69 bits per heavy atom. The Morgan fingerprint density at radius 3 is 2.31 bits per heavy atom. The van der Waals surface area contributed by atoms with E-state index in [1.54, 1.807) is 13.0 Å². The Hall–Kier alpha value is -3.54. The van der Waals surface area contributed by atoms with Crippen LogP contribution in [0.4, 0.5) is 11.4 Å². The van der Waals surface area contributed by atoms with Gasteiger partial charge in [0, 0.05) is 18.8 Å². The summed E-state index contributed by atoms with van der Waals surface area (Å²) in [5.74, 6) is 0. The lowest BCUT2D eigenvalue weighted by Crippen LogP contribution is -2.32. The molecule has 0 atom stereocenters. The van der Waals surface area contributed by atoms with Gasteiger partial charge in [-0.25, -0.2) is 4.79 Å². The van der Waals surface area contributed by atoms with Crippen molar-refractivity contribution in [2.24, 2.45) is 0 Å². The molecule has 26 heavy (non-hydrogen) atoms. The third kappa shape index (κ3) is 4.98. The van der Waals surface area contributed by atoms with Gasteiger partial charge in [-0.3, -0.25) is 9.36 Å². The number of anilines is 2. The molecule has 2 aromatic carbocycles. The molecule has 1 heterocycles. The summed E-state index contributed by atoms with van der Waals surface area (Å²) >= 11 is 0. The minimum Gasteiger partial charge on any atom is -0.397 e. The monoisotopic (exact) mass is 350 g/mol. The van der Waals surface area contributed by atoms with Crippen LogP contribution in [0.1, 0.15) is 18.1 Å². The highest BCUT2D eigenvalue weighted by Gasteiger charge is 1.97. The van der Waals surface area contributed by atoms with Crippen molar-refractivity contribution in [3.8, 4) is 0 Å². The minimum atomic E-state index is -0.352. The molecule has 0 aliphatic heterocycles. The van der Waals surface area contributed by atoms with Crippen molar-refractivity contribution in [2.75, 3.05) is 11.5 Å². The van der Waals surface area contributed by atoms with E-state index in [9.17, 15) is 9.59 Å². The number of nitrogens with two attached hydrogens (primary N) is 2. The molecule has 0 bridgehead atoms. The van der Waals surface area contributed by atoms with E-state index >= 15 is 0 Å². The predicted octanol–water partition coefficient (Wildman–Crippen LogP) is 2.58. The van der Waals surface area contributed by atoms with E-state index in [1.807, 2.05) is 54.6 Å². The molecular formula is C20H22N4O2. The molecule has 6 nitrogen and oxygen atoms in total. The third-order valence-corrected chi connectivity index (χ3v) is 3.69. The lowest BCUT2D eigenvalue weighted by atomic mass is 10.1. The Balaban J connectivity index is 0.000000209. The second-order valence-electron chi connectivity index (χ2n) is 5.46. The zero-order chi connectivity index (χ0) is 18.9. The first kappa shape index (κ1) is 18.8. The smallest absolute Gasteiger partial charge is 0.328 e. The molecule has 3 rings (SSSR count). The number of rotatable bonds is 3. The van der Waals surface area contributed by atoms with E-state index in [4.69, 9.17) is 11.5 Å². The molecule has 5 N–H and O–H groups in total. The lowest BCUT2D eigenvalue weighted by molar-refractivity contribution is 0.672. The number of H-pyrrole nitrogens is 1. The number of hydrogen-bond donors (Lipinski definition) is 3. The van der Waals surface area contributed by atoms with Crippen molar-refractivity contribution in [2.45, 2.75) is 13.5 Å². The highest BCUT2D eigenvalue weighted by molar-refractivity contribution is 5.81. The summed E-state index contributed by atoms with van der Waals surface area (Å²) in [4.78, 5) is 24.0. The Bertz CT molecular complexity index is 960. The van der Waals surface area contributed by atoms with Gasteiger partial charge in [-0.1, -0.05) is 54.6 Å². The SMILES string of the molecule is CCn1c(=O)cc[nH]c1=O.Nc1cccc(C=Cc2ccccc2)c1N. The summed E-state index contributed by atoms with van der Waals surface area (Å²) in [6, 6.07) is 17.1. The summed E-state index contributed by atoms with van der Waals surface area (Å²) in [7, 11) is 0. The summed E-state index contributed by atoms with van der Waals surface area (Å²) in [6.07, 6.45) is 5.34. The number of nitrogens with one attached hydrogen (secondary N) is 1. The molecule has 0 amide bonds. The first-order chi connectivity index (χ1) is 12.5. The molecular weight excluding hydrogens is 328 g/mol. The van der Waals surface area contributed by atoms with E-state index < -0.39 is 0 Å². The van der Waals surface area contributed by atoms with Crippen molar-refractivity contribution >= 4 is 23.5 Å². The van der Waals surface area contributed by atoms with Gasteiger partial charge in [0.15, 0.2) is 0 Å². The minimum absolute atomic E-state index is 0.258. The molecule has 3 aromatic rings. The van der Waals surface area contributed by atoms with Crippen LogP contribution in [0, 0.1) is 0 Å². The van der Waals surface area contributed by atoms with Crippen LogP contribution in [-0.4, -0.2) is 9.55 Å². The zero-order valence-electron chi connectivity index (χ0n) is 14.6. The Labute approximate surface area is 151 Å². The number of aromatic nitrogens is 2. The fourth-order valence-corrected chi connectivity index (χ4v) is 2.25. The summed E-state index contributed by atoms with van der Waals surface area (Å²) in [6.45, 7) is 2.16. The molecule has 6 heteroatoms. The van der Waals surface area contributed by atoms with Crippen LogP contribution >= 0.6 is 0 Å².